The Morgan fingerprint density at radius 3 is 2.71 bits per heavy atom. The lowest BCUT2D eigenvalue weighted by Crippen LogP contribution is -2.41. The molecule has 1 heterocycles. The number of amidine groups is 1. The Labute approximate surface area is 125 Å². The van der Waals surface area contributed by atoms with Gasteiger partial charge in [0.05, 0.1) is 11.4 Å². The van der Waals surface area contributed by atoms with E-state index in [1.54, 1.807) is 18.2 Å². The number of carbonyl (C=O) groups is 2. The van der Waals surface area contributed by atoms with Crippen molar-refractivity contribution in [2.24, 2.45) is 4.40 Å². The SMILES string of the molecule is CC(=O)NNC(=O)CSC1=NS(=O)(=O)c2ccccc2N1. The van der Waals surface area contributed by atoms with Crippen LogP contribution in [-0.4, -0.2) is 31.2 Å². The Morgan fingerprint density at radius 2 is 2.00 bits per heavy atom. The average molecular weight is 328 g/mol. The molecule has 0 saturated heterocycles. The first-order chi connectivity index (χ1) is 9.88. The zero-order valence-electron chi connectivity index (χ0n) is 10.9. The summed E-state index contributed by atoms with van der Waals surface area (Å²) in [7, 11) is -3.76. The van der Waals surface area contributed by atoms with Crippen LogP contribution in [0.2, 0.25) is 0 Å². The third-order valence-corrected chi connectivity index (χ3v) is 4.65. The summed E-state index contributed by atoms with van der Waals surface area (Å²) in [6.07, 6.45) is 0. The molecule has 0 spiro atoms. The van der Waals surface area contributed by atoms with Gasteiger partial charge in [-0.15, -0.1) is 4.40 Å². The summed E-state index contributed by atoms with van der Waals surface area (Å²) >= 11 is 0.919. The topological polar surface area (TPSA) is 117 Å². The number of anilines is 1. The van der Waals surface area contributed by atoms with Gasteiger partial charge in [0.25, 0.3) is 10.0 Å². The normalized spacial score (nSPS) is 15.2. The quantitative estimate of drug-likeness (QED) is 0.661. The molecule has 21 heavy (non-hydrogen) atoms. The number of benzene rings is 1. The van der Waals surface area contributed by atoms with E-state index < -0.39 is 21.8 Å². The third kappa shape index (κ3) is 3.95. The number of sulfonamides is 1. The first-order valence-electron chi connectivity index (χ1n) is 5.78. The summed E-state index contributed by atoms with van der Waals surface area (Å²) in [6.45, 7) is 1.25. The lowest BCUT2D eigenvalue weighted by atomic mass is 10.3. The molecule has 8 nitrogen and oxygen atoms in total. The molecule has 2 amide bonds. The number of hydrogen-bond donors (Lipinski definition) is 3. The maximum absolute atomic E-state index is 11.9. The molecule has 0 unspecified atom stereocenters. The fraction of sp³-hybridized carbons (Fsp3) is 0.182. The molecule has 1 aromatic carbocycles. The minimum Gasteiger partial charge on any atom is -0.333 e. The summed E-state index contributed by atoms with van der Waals surface area (Å²) in [5, 5.41) is 2.94. The Kier molecular flexibility index (Phi) is 4.48. The van der Waals surface area contributed by atoms with Gasteiger partial charge >= 0.3 is 0 Å². The van der Waals surface area contributed by atoms with E-state index in [-0.39, 0.29) is 15.8 Å². The number of hydrazine groups is 1. The number of hydrogen-bond acceptors (Lipinski definition) is 6. The van der Waals surface area contributed by atoms with Crippen LogP contribution in [0.3, 0.4) is 0 Å². The molecule has 0 aliphatic carbocycles. The highest BCUT2D eigenvalue weighted by atomic mass is 32.2. The lowest BCUT2D eigenvalue weighted by Gasteiger charge is -2.17. The van der Waals surface area contributed by atoms with Gasteiger partial charge in [-0.2, -0.15) is 8.42 Å². The van der Waals surface area contributed by atoms with Gasteiger partial charge in [-0.25, -0.2) is 0 Å². The number of carbonyl (C=O) groups excluding carboxylic acids is 2. The number of fused-ring (bicyclic) bond motifs is 1. The average Bonchev–Trinajstić information content (AvgIpc) is 2.42. The van der Waals surface area contributed by atoms with Crippen LogP contribution in [0.5, 0.6) is 0 Å². The van der Waals surface area contributed by atoms with Crippen LogP contribution in [0.25, 0.3) is 0 Å². The molecular formula is C11H12N4O4S2. The monoisotopic (exact) mass is 328 g/mol. The summed E-state index contributed by atoms with van der Waals surface area (Å²) in [6, 6.07) is 6.36. The van der Waals surface area contributed by atoms with E-state index in [0.29, 0.717) is 5.69 Å². The van der Waals surface area contributed by atoms with Gasteiger partial charge in [-0.1, -0.05) is 23.9 Å². The highest BCUT2D eigenvalue weighted by Gasteiger charge is 2.24. The van der Waals surface area contributed by atoms with Crippen molar-refractivity contribution in [3.05, 3.63) is 24.3 Å². The molecule has 0 saturated carbocycles. The maximum Gasteiger partial charge on any atom is 0.286 e. The van der Waals surface area contributed by atoms with Crippen LogP contribution in [-0.2, 0) is 19.6 Å². The van der Waals surface area contributed by atoms with Crippen molar-refractivity contribution >= 4 is 44.5 Å². The Hall–Kier alpha value is -2.07. The Bertz CT molecular complexity index is 715. The summed E-state index contributed by atoms with van der Waals surface area (Å²) in [5.74, 6) is -0.974. The second kappa shape index (κ2) is 6.14. The molecule has 0 atom stereocenters. The van der Waals surface area contributed by atoms with E-state index in [4.69, 9.17) is 0 Å². The number of thioether (sulfide) groups is 1. The zero-order chi connectivity index (χ0) is 15.5. The number of nitrogens with one attached hydrogen (secondary N) is 3. The molecule has 10 heteroatoms. The van der Waals surface area contributed by atoms with E-state index in [1.807, 2.05) is 0 Å². The Morgan fingerprint density at radius 1 is 1.29 bits per heavy atom. The number of nitrogens with zero attached hydrogens (tertiary/aromatic N) is 1. The van der Waals surface area contributed by atoms with Gasteiger partial charge in [0.15, 0.2) is 5.17 Å². The molecule has 3 N–H and O–H groups in total. The second-order valence-electron chi connectivity index (χ2n) is 4.01. The molecule has 112 valence electrons. The number of para-hydroxylation sites is 1. The standard InChI is InChI=1S/C11H12N4O4S2/c1-7(16)13-14-10(17)6-20-11-12-8-4-2-3-5-9(8)21(18,19)15-11/h2-5H,6H2,1H3,(H,12,15)(H,13,16)(H,14,17). The fourth-order valence-corrected chi connectivity index (χ4v) is 3.52. The molecule has 0 radical (unpaired) electrons. The first kappa shape index (κ1) is 15.3. The van der Waals surface area contributed by atoms with Crippen LogP contribution >= 0.6 is 11.8 Å². The summed E-state index contributed by atoms with van der Waals surface area (Å²) in [4.78, 5) is 22.1. The van der Waals surface area contributed by atoms with Crippen molar-refractivity contribution in [3.8, 4) is 0 Å². The van der Waals surface area contributed by atoms with Crippen molar-refractivity contribution in [1.82, 2.24) is 10.9 Å². The maximum atomic E-state index is 11.9. The van der Waals surface area contributed by atoms with E-state index in [2.05, 4.69) is 20.6 Å². The first-order valence-corrected chi connectivity index (χ1v) is 8.20. The van der Waals surface area contributed by atoms with Crippen LogP contribution in [0.4, 0.5) is 5.69 Å². The van der Waals surface area contributed by atoms with Crippen molar-refractivity contribution in [2.45, 2.75) is 11.8 Å². The van der Waals surface area contributed by atoms with Gasteiger partial charge in [0.2, 0.25) is 11.8 Å². The van der Waals surface area contributed by atoms with Crippen LogP contribution < -0.4 is 16.2 Å². The van der Waals surface area contributed by atoms with Gasteiger partial charge in [0, 0.05) is 6.92 Å². The predicted molar refractivity (Wildman–Crippen MR) is 79.1 cm³/mol. The molecular weight excluding hydrogens is 316 g/mol. The predicted octanol–water partition coefficient (Wildman–Crippen LogP) is 0.0573. The molecule has 2 rings (SSSR count). The summed E-state index contributed by atoms with van der Waals surface area (Å²) in [5.41, 5.74) is 4.72. The largest absolute Gasteiger partial charge is 0.333 e. The molecule has 1 aliphatic heterocycles. The molecule has 0 bridgehead atoms. The van der Waals surface area contributed by atoms with Crippen molar-refractivity contribution in [2.75, 3.05) is 11.1 Å². The van der Waals surface area contributed by atoms with E-state index in [1.165, 1.54) is 13.0 Å². The van der Waals surface area contributed by atoms with E-state index >= 15 is 0 Å². The third-order valence-electron chi connectivity index (χ3n) is 2.33. The molecule has 1 aliphatic rings. The highest BCUT2D eigenvalue weighted by Crippen LogP contribution is 2.28. The van der Waals surface area contributed by atoms with Gasteiger partial charge in [0.1, 0.15) is 4.90 Å². The number of rotatable bonds is 2. The fourth-order valence-electron chi connectivity index (χ4n) is 1.48. The summed E-state index contributed by atoms with van der Waals surface area (Å²) < 4.78 is 27.5. The van der Waals surface area contributed by atoms with Gasteiger partial charge in [-0.05, 0) is 12.1 Å². The van der Waals surface area contributed by atoms with Crippen molar-refractivity contribution < 1.29 is 18.0 Å². The van der Waals surface area contributed by atoms with E-state index in [9.17, 15) is 18.0 Å². The zero-order valence-corrected chi connectivity index (χ0v) is 12.5. The van der Waals surface area contributed by atoms with Crippen LogP contribution in [0.15, 0.2) is 33.6 Å². The van der Waals surface area contributed by atoms with E-state index in [0.717, 1.165) is 11.8 Å². The van der Waals surface area contributed by atoms with Crippen molar-refractivity contribution in [3.63, 3.8) is 0 Å². The van der Waals surface area contributed by atoms with Crippen LogP contribution in [0, 0.1) is 0 Å². The minimum atomic E-state index is -3.76. The Balaban J connectivity index is 2.02. The smallest absolute Gasteiger partial charge is 0.286 e. The molecule has 0 fully saturated rings. The molecule has 1 aromatic rings. The second-order valence-corrected chi connectivity index (χ2v) is 6.55. The van der Waals surface area contributed by atoms with Gasteiger partial charge < -0.3 is 5.32 Å². The molecule has 0 aromatic heterocycles. The van der Waals surface area contributed by atoms with Crippen molar-refractivity contribution in [1.29, 1.82) is 0 Å². The highest BCUT2D eigenvalue weighted by molar-refractivity contribution is 8.15. The minimum absolute atomic E-state index is 0.0935. The van der Waals surface area contributed by atoms with Crippen LogP contribution in [0.1, 0.15) is 6.92 Å². The number of amides is 2. The lowest BCUT2D eigenvalue weighted by molar-refractivity contribution is -0.126. The van der Waals surface area contributed by atoms with Gasteiger partial charge in [-0.3, -0.25) is 20.4 Å².